The van der Waals surface area contributed by atoms with Crippen LogP contribution >= 0.6 is 0 Å². The van der Waals surface area contributed by atoms with Crippen LogP contribution in [0.25, 0.3) is 0 Å². The maximum atomic E-state index is 12.3. The van der Waals surface area contributed by atoms with Gasteiger partial charge in [0.1, 0.15) is 0 Å². The summed E-state index contributed by atoms with van der Waals surface area (Å²) >= 11 is 0. The van der Waals surface area contributed by atoms with Crippen LogP contribution in [0, 0.1) is 5.92 Å². The number of likely N-dealkylation sites (tertiary alicyclic amines) is 1. The second kappa shape index (κ2) is 8.86. The number of methoxy groups -OCH3 is 1. The van der Waals surface area contributed by atoms with E-state index in [2.05, 4.69) is 10.1 Å². The van der Waals surface area contributed by atoms with Crippen LogP contribution in [0.1, 0.15) is 42.5 Å². The maximum absolute atomic E-state index is 12.3. The predicted molar refractivity (Wildman–Crippen MR) is 99.4 cm³/mol. The highest BCUT2D eigenvalue weighted by atomic mass is 16.5. The number of hydrogen-bond acceptors (Lipinski definition) is 6. The Kier molecular flexibility index (Phi) is 6.28. The summed E-state index contributed by atoms with van der Waals surface area (Å²) in [5, 5.41) is 2.54. The molecule has 0 bridgehead atoms. The molecule has 1 heterocycles. The lowest BCUT2D eigenvalue weighted by Gasteiger charge is -2.23. The Bertz CT molecular complexity index is 772. The van der Waals surface area contributed by atoms with Gasteiger partial charge in [0.2, 0.25) is 5.91 Å². The molecule has 0 spiro atoms. The number of amides is 2. The molecule has 1 aliphatic heterocycles. The molecule has 2 fully saturated rings. The Hall–Kier alpha value is -2.90. The molecule has 1 aliphatic carbocycles. The molecule has 2 amide bonds. The van der Waals surface area contributed by atoms with Crippen LogP contribution in [0.15, 0.2) is 24.3 Å². The first-order valence-corrected chi connectivity index (χ1v) is 9.43. The van der Waals surface area contributed by atoms with Gasteiger partial charge in [-0.1, -0.05) is 25.0 Å². The molecule has 1 aromatic rings. The van der Waals surface area contributed by atoms with Crippen molar-refractivity contribution in [3.8, 4) is 0 Å². The first-order chi connectivity index (χ1) is 13.5. The van der Waals surface area contributed by atoms with Crippen LogP contribution in [0.5, 0.6) is 0 Å². The van der Waals surface area contributed by atoms with Crippen LogP contribution in [-0.2, 0) is 23.9 Å². The zero-order chi connectivity index (χ0) is 20.1. The highest BCUT2D eigenvalue weighted by Crippen LogP contribution is 2.29. The van der Waals surface area contributed by atoms with E-state index in [1.165, 1.54) is 13.2 Å². The van der Waals surface area contributed by atoms with Crippen LogP contribution in [0.3, 0.4) is 0 Å². The van der Waals surface area contributed by atoms with Gasteiger partial charge in [0.05, 0.1) is 24.3 Å². The second-order valence-corrected chi connectivity index (χ2v) is 7.08. The fourth-order valence-corrected chi connectivity index (χ4v) is 3.78. The first kappa shape index (κ1) is 19.9. The monoisotopic (exact) mass is 388 g/mol. The molecule has 3 rings (SSSR count). The van der Waals surface area contributed by atoms with Crippen molar-refractivity contribution < 1.29 is 28.7 Å². The molecule has 0 radical (unpaired) electrons. The summed E-state index contributed by atoms with van der Waals surface area (Å²) in [5.41, 5.74) is 0.483. The SMILES string of the molecule is COC(=O)c1ccccc1NC(=O)COC(=O)[C@@H]1CC(=O)N(C2CCCC2)C1. The molecular weight excluding hydrogens is 364 g/mol. The van der Waals surface area contributed by atoms with Crippen molar-refractivity contribution in [3.63, 3.8) is 0 Å². The summed E-state index contributed by atoms with van der Waals surface area (Å²) in [7, 11) is 1.25. The summed E-state index contributed by atoms with van der Waals surface area (Å²) in [4.78, 5) is 50.1. The number of benzene rings is 1. The number of nitrogens with one attached hydrogen (secondary N) is 1. The Labute approximate surface area is 163 Å². The zero-order valence-corrected chi connectivity index (χ0v) is 15.8. The number of rotatable bonds is 6. The lowest BCUT2D eigenvalue weighted by Crippen LogP contribution is -2.35. The standard InChI is InChI=1S/C20H24N2O6/c1-27-20(26)15-8-4-5-9-16(15)21-17(23)12-28-19(25)13-10-18(24)22(11-13)14-6-2-3-7-14/h4-5,8-9,13-14H,2-3,6-7,10-12H2,1H3,(H,21,23)/t13-/m1/s1. The summed E-state index contributed by atoms with van der Waals surface area (Å²) in [5.74, 6) is -2.26. The molecule has 150 valence electrons. The molecule has 1 N–H and O–H groups in total. The second-order valence-electron chi connectivity index (χ2n) is 7.08. The van der Waals surface area contributed by atoms with Crippen molar-refractivity contribution in [3.05, 3.63) is 29.8 Å². The van der Waals surface area contributed by atoms with Crippen LogP contribution in [0.2, 0.25) is 0 Å². The molecule has 28 heavy (non-hydrogen) atoms. The van der Waals surface area contributed by atoms with Gasteiger partial charge in [-0.05, 0) is 25.0 Å². The van der Waals surface area contributed by atoms with Gasteiger partial charge >= 0.3 is 11.9 Å². The smallest absolute Gasteiger partial charge is 0.339 e. The van der Waals surface area contributed by atoms with Crippen molar-refractivity contribution in [1.82, 2.24) is 4.90 Å². The fourth-order valence-electron chi connectivity index (χ4n) is 3.78. The molecule has 0 unspecified atom stereocenters. The van der Waals surface area contributed by atoms with E-state index >= 15 is 0 Å². The maximum Gasteiger partial charge on any atom is 0.339 e. The third kappa shape index (κ3) is 4.49. The van der Waals surface area contributed by atoms with Crippen LogP contribution < -0.4 is 5.32 Å². The minimum atomic E-state index is -0.579. The third-order valence-corrected chi connectivity index (χ3v) is 5.21. The van der Waals surface area contributed by atoms with E-state index in [0.717, 1.165) is 25.7 Å². The Balaban J connectivity index is 1.50. The quantitative estimate of drug-likeness (QED) is 0.745. The third-order valence-electron chi connectivity index (χ3n) is 5.21. The number of ether oxygens (including phenoxy) is 2. The Morgan fingerprint density at radius 3 is 2.61 bits per heavy atom. The topological polar surface area (TPSA) is 102 Å². The lowest BCUT2D eigenvalue weighted by atomic mass is 10.1. The molecule has 0 aromatic heterocycles. The molecule has 1 aromatic carbocycles. The first-order valence-electron chi connectivity index (χ1n) is 9.43. The van der Waals surface area contributed by atoms with Gasteiger partial charge in [0, 0.05) is 19.0 Å². The molecule has 2 aliphatic rings. The average molecular weight is 388 g/mol. The molecule has 1 atom stereocenters. The summed E-state index contributed by atoms with van der Waals surface area (Å²) in [6.07, 6.45) is 4.31. The number of hydrogen-bond donors (Lipinski definition) is 1. The number of nitrogens with zero attached hydrogens (tertiary/aromatic N) is 1. The molecule has 8 heteroatoms. The number of anilines is 1. The van der Waals surface area contributed by atoms with E-state index in [-0.39, 0.29) is 29.6 Å². The average Bonchev–Trinajstić information content (AvgIpc) is 3.35. The van der Waals surface area contributed by atoms with Crippen LogP contribution in [-0.4, -0.2) is 55.0 Å². The number of esters is 2. The van der Waals surface area contributed by atoms with Gasteiger partial charge < -0.3 is 19.7 Å². The number of carbonyl (C=O) groups excluding carboxylic acids is 4. The van der Waals surface area contributed by atoms with E-state index in [1.54, 1.807) is 23.1 Å². The Morgan fingerprint density at radius 2 is 1.89 bits per heavy atom. The number of carbonyl (C=O) groups is 4. The van der Waals surface area contributed by atoms with E-state index in [9.17, 15) is 19.2 Å². The highest BCUT2D eigenvalue weighted by Gasteiger charge is 2.39. The van der Waals surface area contributed by atoms with Crippen molar-refractivity contribution in [2.45, 2.75) is 38.1 Å². The van der Waals surface area contributed by atoms with Gasteiger partial charge in [-0.3, -0.25) is 14.4 Å². The minimum Gasteiger partial charge on any atom is -0.465 e. The summed E-state index contributed by atoms with van der Waals surface area (Å²) < 4.78 is 9.77. The minimum absolute atomic E-state index is 0.0229. The molecular formula is C20H24N2O6. The lowest BCUT2D eigenvalue weighted by molar-refractivity contribution is -0.151. The van der Waals surface area contributed by atoms with Crippen LogP contribution in [0.4, 0.5) is 5.69 Å². The molecule has 8 nitrogen and oxygen atoms in total. The van der Waals surface area contributed by atoms with Crippen molar-refractivity contribution in [2.24, 2.45) is 5.92 Å². The molecule has 1 saturated heterocycles. The van der Waals surface area contributed by atoms with Gasteiger partial charge in [0.15, 0.2) is 6.61 Å². The Morgan fingerprint density at radius 1 is 1.18 bits per heavy atom. The summed E-state index contributed by atoms with van der Waals surface area (Å²) in [6.45, 7) is -0.127. The van der Waals surface area contributed by atoms with Gasteiger partial charge in [0.25, 0.3) is 5.91 Å². The van der Waals surface area contributed by atoms with Crippen molar-refractivity contribution >= 4 is 29.4 Å². The van der Waals surface area contributed by atoms with Crippen molar-refractivity contribution in [2.75, 3.05) is 25.6 Å². The van der Waals surface area contributed by atoms with E-state index in [1.807, 2.05) is 0 Å². The van der Waals surface area contributed by atoms with Gasteiger partial charge in [-0.25, -0.2) is 4.79 Å². The highest BCUT2D eigenvalue weighted by molar-refractivity contribution is 6.02. The van der Waals surface area contributed by atoms with Gasteiger partial charge in [-0.2, -0.15) is 0 Å². The van der Waals surface area contributed by atoms with E-state index in [4.69, 9.17) is 4.74 Å². The van der Waals surface area contributed by atoms with Gasteiger partial charge in [-0.15, -0.1) is 0 Å². The summed E-state index contributed by atoms with van der Waals surface area (Å²) in [6, 6.07) is 6.62. The van der Waals surface area contributed by atoms with E-state index < -0.39 is 30.4 Å². The fraction of sp³-hybridized carbons (Fsp3) is 0.500. The van der Waals surface area contributed by atoms with E-state index in [0.29, 0.717) is 6.54 Å². The normalized spacial score (nSPS) is 19.5. The number of para-hydroxylation sites is 1. The van der Waals surface area contributed by atoms with Crippen molar-refractivity contribution in [1.29, 1.82) is 0 Å². The molecule has 1 saturated carbocycles. The predicted octanol–water partition coefficient (Wildman–Crippen LogP) is 1.75. The zero-order valence-electron chi connectivity index (χ0n) is 15.8. The largest absolute Gasteiger partial charge is 0.465 e.